The van der Waals surface area contributed by atoms with E-state index >= 15 is 0 Å². The van der Waals surface area contributed by atoms with Gasteiger partial charge < -0.3 is 14.3 Å². The number of aliphatic imine (C=N–C) groups is 1. The highest BCUT2D eigenvalue weighted by atomic mass is 32.1. The Kier molecular flexibility index (Phi) is 7.24. The maximum Gasteiger partial charge on any atom is 0.135 e. The first kappa shape index (κ1) is 32.3. The summed E-state index contributed by atoms with van der Waals surface area (Å²) in [4.78, 5) is 5.28. The maximum atomic E-state index is 6.52. The standard InChI is InChI=1S/C51H34N4OS/c1-3-12-31(13-4-1)49-52-50(32-14-5-2-6-15-32)54-51(53-49)39-18-11-21-45-48(39)41-29-33(22-26-44(41)56-45)34-23-27-46-40(28-34)38-25-24-35(30-47(38)57-46)55-42-19-9-7-16-36(42)37-17-8-10-20-43(37)55/h1-30,49,51,53H,(H,52,54). The molecular formula is C51H34N4OS. The highest BCUT2D eigenvalue weighted by Crippen LogP contribution is 2.42. The molecule has 0 saturated carbocycles. The lowest BCUT2D eigenvalue weighted by Crippen LogP contribution is -2.44. The monoisotopic (exact) mass is 750 g/mol. The van der Waals surface area contributed by atoms with Crippen LogP contribution in [0.3, 0.4) is 0 Å². The SMILES string of the molecule is c1ccc(C2=NC(c3cccc4oc5ccc(-c6ccc7sc8cc(-n9c%10ccccc%10c%10ccccc%109)ccc8c7c6)cc5c34)NC(c3ccccc3)N2)cc1. The second-order valence-electron chi connectivity index (χ2n) is 14.8. The van der Waals surface area contributed by atoms with E-state index in [-0.39, 0.29) is 12.3 Å². The molecule has 6 heteroatoms. The number of furan rings is 1. The van der Waals surface area contributed by atoms with E-state index in [9.17, 15) is 0 Å². The number of amidine groups is 1. The minimum absolute atomic E-state index is 0.127. The Labute approximate surface area is 332 Å². The molecule has 0 aliphatic carbocycles. The molecule has 12 rings (SSSR count). The predicted molar refractivity (Wildman–Crippen MR) is 238 cm³/mol. The molecule has 0 spiro atoms. The number of thiophene rings is 1. The highest BCUT2D eigenvalue weighted by Gasteiger charge is 2.28. The van der Waals surface area contributed by atoms with Crippen LogP contribution in [0.1, 0.15) is 29.0 Å². The van der Waals surface area contributed by atoms with Crippen molar-refractivity contribution in [2.45, 2.75) is 12.3 Å². The number of benzene rings is 8. The van der Waals surface area contributed by atoms with Gasteiger partial charge in [0.25, 0.3) is 0 Å². The van der Waals surface area contributed by atoms with Crippen LogP contribution < -0.4 is 10.6 Å². The third kappa shape index (κ3) is 5.22. The minimum Gasteiger partial charge on any atom is -0.456 e. The number of rotatable bonds is 5. The fraction of sp³-hybridized carbons (Fsp3) is 0.0392. The van der Waals surface area contributed by atoms with Gasteiger partial charge in [0.15, 0.2) is 0 Å². The minimum atomic E-state index is -0.305. The molecule has 2 atom stereocenters. The second-order valence-corrected chi connectivity index (χ2v) is 15.9. The van der Waals surface area contributed by atoms with Gasteiger partial charge in [-0.3, -0.25) is 5.32 Å². The summed E-state index contributed by atoms with van der Waals surface area (Å²) in [5.41, 5.74) is 11.0. The number of hydrogen-bond acceptors (Lipinski definition) is 5. The van der Waals surface area contributed by atoms with Crippen LogP contribution in [0.4, 0.5) is 0 Å². The van der Waals surface area contributed by atoms with Gasteiger partial charge in [-0.2, -0.15) is 0 Å². The van der Waals surface area contributed by atoms with Gasteiger partial charge >= 0.3 is 0 Å². The summed E-state index contributed by atoms with van der Waals surface area (Å²) in [5, 5.41) is 14.7. The fourth-order valence-corrected chi connectivity index (χ4v) is 9.94. The van der Waals surface area contributed by atoms with E-state index in [4.69, 9.17) is 9.41 Å². The molecule has 4 heterocycles. The summed E-state index contributed by atoms with van der Waals surface area (Å²) < 4.78 is 11.5. The van der Waals surface area contributed by atoms with Crippen molar-refractivity contribution in [3.63, 3.8) is 0 Å². The molecule has 1 aliphatic heterocycles. The van der Waals surface area contributed by atoms with Crippen LogP contribution in [0.2, 0.25) is 0 Å². The topological polar surface area (TPSA) is 54.5 Å². The molecule has 1 aliphatic rings. The summed E-state index contributed by atoms with van der Waals surface area (Å²) in [6, 6.07) is 65.0. The summed E-state index contributed by atoms with van der Waals surface area (Å²) >= 11 is 1.86. The Morgan fingerprint density at radius 2 is 1.21 bits per heavy atom. The Morgan fingerprint density at radius 1 is 0.509 bits per heavy atom. The number of aromatic nitrogens is 1. The summed E-state index contributed by atoms with van der Waals surface area (Å²) in [6.07, 6.45) is -0.432. The smallest absolute Gasteiger partial charge is 0.135 e. The zero-order valence-electron chi connectivity index (χ0n) is 30.7. The Bertz CT molecular complexity index is 3320. The van der Waals surface area contributed by atoms with Gasteiger partial charge in [0.2, 0.25) is 0 Å². The van der Waals surface area contributed by atoms with Crippen LogP contribution in [0.25, 0.3) is 80.7 Å². The Balaban J connectivity index is 0.961. The normalized spacial score (nSPS) is 15.9. The van der Waals surface area contributed by atoms with Gasteiger partial charge in [-0.25, -0.2) is 4.99 Å². The lowest BCUT2D eigenvalue weighted by atomic mass is 9.98. The quantitative estimate of drug-likeness (QED) is 0.184. The second kappa shape index (κ2) is 12.8. The van der Waals surface area contributed by atoms with Crippen molar-refractivity contribution in [2.75, 3.05) is 0 Å². The van der Waals surface area contributed by atoms with Gasteiger partial charge in [0.05, 0.1) is 11.0 Å². The third-order valence-electron chi connectivity index (χ3n) is 11.5. The van der Waals surface area contributed by atoms with Crippen molar-refractivity contribution >= 4 is 81.1 Å². The molecule has 0 radical (unpaired) electrons. The lowest BCUT2D eigenvalue weighted by molar-refractivity contribution is 0.410. The van der Waals surface area contributed by atoms with Gasteiger partial charge in [-0.15, -0.1) is 11.3 Å². The van der Waals surface area contributed by atoms with Crippen molar-refractivity contribution in [3.05, 3.63) is 199 Å². The fourth-order valence-electron chi connectivity index (χ4n) is 8.83. The molecule has 5 nitrogen and oxygen atoms in total. The zero-order valence-corrected chi connectivity index (χ0v) is 31.5. The maximum absolute atomic E-state index is 6.52. The summed E-state index contributed by atoms with van der Waals surface area (Å²) in [7, 11) is 0. The number of nitrogens with zero attached hydrogens (tertiary/aromatic N) is 2. The highest BCUT2D eigenvalue weighted by molar-refractivity contribution is 7.25. The average molecular weight is 751 g/mol. The third-order valence-corrected chi connectivity index (χ3v) is 12.6. The van der Waals surface area contributed by atoms with E-state index in [1.807, 2.05) is 23.5 Å². The molecule has 270 valence electrons. The van der Waals surface area contributed by atoms with Crippen molar-refractivity contribution in [2.24, 2.45) is 4.99 Å². The van der Waals surface area contributed by atoms with Crippen molar-refractivity contribution in [3.8, 4) is 16.8 Å². The van der Waals surface area contributed by atoms with E-state index in [0.717, 1.165) is 50.0 Å². The molecule has 0 saturated heterocycles. The van der Waals surface area contributed by atoms with Gasteiger partial charge in [-0.1, -0.05) is 127 Å². The summed E-state index contributed by atoms with van der Waals surface area (Å²) in [6.45, 7) is 0. The van der Waals surface area contributed by atoms with Crippen LogP contribution in [-0.2, 0) is 0 Å². The Hall–Kier alpha value is -6.99. The first-order valence-electron chi connectivity index (χ1n) is 19.3. The lowest BCUT2D eigenvalue weighted by Gasteiger charge is -2.32. The number of para-hydroxylation sites is 2. The largest absolute Gasteiger partial charge is 0.456 e. The molecular weight excluding hydrogens is 717 g/mol. The molecule has 2 unspecified atom stereocenters. The molecule has 0 bridgehead atoms. The van der Waals surface area contributed by atoms with Crippen LogP contribution in [0, 0.1) is 0 Å². The van der Waals surface area contributed by atoms with E-state index in [2.05, 4.69) is 185 Å². The molecule has 11 aromatic rings. The number of fused-ring (bicyclic) bond motifs is 9. The van der Waals surface area contributed by atoms with E-state index in [0.29, 0.717) is 0 Å². The Morgan fingerprint density at radius 3 is 2.00 bits per heavy atom. The number of hydrogen-bond donors (Lipinski definition) is 2. The van der Waals surface area contributed by atoms with E-state index in [1.165, 1.54) is 53.2 Å². The molecule has 57 heavy (non-hydrogen) atoms. The van der Waals surface area contributed by atoms with Crippen molar-refractivity contribution in [1.29, 1.82) is 0 Å². The molecule has 0 fully saturated rings. The summed E-state index contributed by atoms with van der Waals surface area (Å²) in [5.74, 6) is 0.858. The first-order chi connectivity index (χ1) is 28.2. The zero-order chi connectivity index (χ0) is 37.5. The molecule has 2 N–H and O–H groups in total. The molecule has 0 amide bonds. The van der Waals surface area contributed by atoms with E-state index in [1.54, 1.807) is 0 Å². The van der Waals surface area contributed by atoms with Gasteiger partial charge in [0, 0.05) is 58.5 Å². The van der Waals surface area contributed by atoms with Crippen molar-refractivity contribution < 1.29 is 4.42 Å². The molecule has 8 aromatic carbocycles. The van der Waals surface area contributed by atoms with Crippen LogP contribution >= 0.6 is 11.3 Å². The van der Waals surface area contributed by atoms with Crippen LogP contribution in [0.15, 0.2) is 191 Å². The van der Waals surface area contributed by atoms with Gasteiger partial charge in [0.1, 0.15) is 29.3 Å². The van der Waals surface area contributed by atoms with E-state index < -0.39 is 0 Å². The first-order valence-corrected chi connectivity index (χ1v) is 20.2. The van der Waals surface area contributed by atoms with Gasteiger partial charge in [-0.05, 0) is 71.3 Å². The average Bonchev–Trinajstić information content (AvgIpc) is 3.95. The predicted octanol–water partition coefficient (Wildman–Crippen LogP) is 13.1. The van der Waals surface area contributed by atoms with Crippen LogP contribution in [-0.4, -0.2) is 10.4 Å². The molecule has 3 aromatic heterocycles. The number of nitrogens with one attached hydrogen (secondary N) is 2. The van der Waals surface area contributed by atoms with Crippen LogP contribution in [0.5, 0.6) is 0 Å². The van der Waals surface area contributed by atoms with Crippen molar-refractivity contribution in [1.82, 2.24) is 15.2 Å².